The molecule has 5 nitrogen and oxygen atoms in total. The predicted molar refractivity (Wildman–Crippen MR) is 81.0 cm³/mol. The summed E-state index contributed by atoms with van der Waals surface area (Å²) in [6.45, 7) is 1.39. The van der Waals surface area contributed by atoms with Crippen LogP contribution >= 0.6 is 15.9 Å². The number of esters is 1. The van der Waals surface area contributed by atoms with Gasteiger partial charge in [0.2, 0.25) is 5.91 Å². The molecule has 1 fully saturated rings. The number of benzene rings is 1. The largest absolute Gasteiger partial charge is 0.493 e. The smallest absolute Gasteiger partial charge is 0.310 e. The van der Waals surface area contributed by atoms with Gasteiger partial charge in [0.15, 0.2) is 0 Å². The Morgan fingerprint density at radius 3 is 2.71 bits per heavy atom. The minimum absolute atomic E-state index is 0.0125. The van der Waals surface area contributed by atoms with E-state index in [1.54, 1.807) is 4.90 Å². The van der Waals surface area contributed by atoms with Crippen molar-refractivity contribution < 1.29 is 19.1 Å². The van der Waals surface area contributed by atoms with E-state index in [4.69, 9.17) is 9.47 Å². The van der Waals surface area contributed by atoms with Crippen molar-refractivity contribution >= 4 is 27.8 Å². The molecule has 1 heterocycles. The number of rotatable bonds is 5. The number of carbonyl (C=O) groups is 2. The number of hydrogen-bond acceptors (Lipinski definition) is 4. The Labute approximate surface area is 132 Å². The van der Waals surface area contributed by atoms with E-state index >= 15 is 0 Å². The molecule has 0 bridgehead atoms. The Kier molecular flexibility index (Phi) is 5.61. The first-order chi connectivity index (χ1) is 10.1. The summed E-state index contributed by atoms with van der Waals surface area (Å²) in [5.41, 5.74) is 0. The fraction of sp³-hybridized carbons (Fsp3) is 0.467. The van der Waals surface area contributed by atoms with Crippen LogP contribution in [0.2, 0.25) is 0 Å². The van der Waals surface area contributed by atoms with Crippen molar-refractivity contribution in [1.82, 2.24) is 4.90 Å². The van der Waals surface area contributed by atoms with Crippen LogP contribution in [-0.2, 0) is 14.3 Å². The molecule has 0 spiro atoms. The van der Waals surface area contributed by atoms with Crippen molar-refractivity contribution in [2.75, 3.05) is 26.8 Å². The maximum atomic E-state index is 12.0. The van der Waals surface area contributed by atoms with Gasteiger partial charge in [-0.15, -0.1) is 0 Å². The third-order valence-electron chi connectivity index (χ3n) is 3.47. The van der Waals surface area contributed by atoms with Gasteiger partial charge >= 0.3 is 5.97 Å². The molecule has 1 saturated heterocycles. The summed E-state index contributed by atoms with van der Waals surface area (Å²) in [4.78, 5) is 25.2. The van der Waals surface area contributed by atoms with E-state index in [-0.39, 0.29) is 17.8 Å². The fourth-order valence-electron chi connectivity index (χ4n) is 2.29. The van der Waals surface area contributed by atoms with Crippen molar-refractivity contribution in [3.05, 3.63) is 28.7 Å². The van der Waals surface area contributed by atoms with E-state index < -0.39 is 0 Å². The van der Waals surface area contributed by atoms with E-state index in [1.807, 2.05) is 24.3 Å². The van der Waals surface area contributed by atoms with E-state index in [2.05, 4.69) is 15.9 Å². The van der Waals surface area contributed by atoms with Gasteiger partial charge in [0.1, 0.15) is 5.75 Å². The van der Waals surface area contributed by atoms with E-state index in [9.17, 15) is 9.59 Å². The van der Waals surface area contributed by atoms with Crippen LogP contribution in [0, 0.1) is 5.92 Å². The van der Waals surface area contributed by atoms with Crippen LogP contribution in [-0.4, -0.2) is 43.6 Å². The molecular formula is C15H18BrNO4. The third-order valence-corrected chi connectivity index (χ3v) is 4.00. The van der Waals surface area contributed by atoms with Crippen LogP contribution in [0.25, 0.3) is 0 Å². The maximum Gasteiger partial charge on any atom is 0.310 e. The van der Waals surface area contributed by atoms with Gasteiger partial charge in [0, 0.05) is 17.6 Å². The Morgan fingerprint density at radius 2 is 2.05 bits per heavy atom. The lowest BCUT2D eigenvalue weighted by atomic mass is 10.1. The molecule has 6 heteroatoms. The lowest BCUT2D eigenvalue weighted by Gasteiger charge is -2.16. The standard InChI is InChI=1S/C15H18BrNO4/c1-20-15(19)11-6-8-17(10-11)14(18)7-9-21-13-4-2-12(16)3-5-13/h2-5,11H,6-10H2,1H3. The van der Waals surface area contributed by atoms with E-state index in [0.29, 0.717) is 32.5 Å². The molecule has 21 heavy (non-hydrogen) atoms. The van der Waals surface area contributed by atoms with Crippen molar-refractivity contribution in [3.8, 4) is 5.75 Å². The highest BCUT2D eigenvalue weighted by molar-refractivity contribution is 9.10. The molecule has 0 N–H and O–H groups in total. The zero-order chi connectivity index (χ0) is 15.2. The second-order valence-corrected chi connectivity index (χ2v) is 5.82. The highest BCUT2D eigenvalue weighted by atomic mass is 79.9. The monoisotopic (exact) mass is 355 g/mol. The lowest BCUT2D eigenvalue weighted by Crippen LogP contribution is -2.31. The topological polar surface area (TPSA) is 55.8 Å². The molecule has 0 aliphatic carbocycles. The van der Waals surface area contributed by atoms with E-state index in [0.717, 1.165) is 10.2 Å². The van der Waals surface area contributed by atoms with Crippen LogP contribution in [0.5, 0.6) is 5.75 Å². The van der Waals surface area contributed by atoms with Gasteiger partial charge in [-0.05, 0) is 30.7 Å². The van der Waals surface area contributed by atoms with Gasteiger partial charge < -0.3 is 14.4 Å². The first-order valence-corrected chi connectivity index (χ1v) is 7.63. The number of likely N-dealkylation sites (tertiary alicyclic amines) is 1. The van der Waals surface area contributed by atoms with Crippen molar-refractivity contribution in [3.63, 3.8) is 0 Å². The first kappa shape index (κ1) is 15.8. The highest BCUT2D eigenvalue weighted by Crippen LogP contribution is 2.19. The summed E-state index contributed by atoms with van der Waals surface area (Å²) < 4.78 is 11.2. The molecule has 1 amide bonds. The van der Waals surface area contributed by atoms with Gasteiger partial charge in [-0.25, -0.2) is 0 Å². The van der Waals surface area contributed by atoms with Gasteiger partial charge in [0.05, 0.1) is 26.1 Å². The van der Waals surface area contributed by atoms with Crippen molar-refractivity contribution in [2.45, 2.75) is 12.8 Å². The summed E-state index contributed by atoms with van der Waals surface area (Å²) >= 11 is 3.35. The average Bonchev–Trinajstić information content (AvgIpc) is 2.98. The van der Waals surface area contributed by atoms with Gasteiger partial charge in [0.25, 0.3) is 0 Å². The lowest BCUT2D eigenvalue weighted by molar-refractivity contribution is -0.145. The maximum absolute atomic E-state index is 12.0. The van der Waals surface area contributed by atoms with Crippen molar-refractivity contribution in [1.29, 1.82) is 0 Å². The Hall–Kier alpha value is -1.56. The number of hydrogen-bond donors (Lipinski definition) is 0. The van der Waals surface area contributed by atoms with Crippen LogP contribution in [0.4, 0.5) is 0 Å². The molecule has 0 aromatic heterocycles. The Morgan fingerprint density at radius 1 is 1.33 bits per heavy atom. The SMILES string of the molecule is COC(=O)C1CCN(C(=O)CCOc2ccc(Br)cc2)C1. The molecule has 0 radical (unpaired) electrons. The minimum atomic E-state index is -0.239. The summed E-state index contributed by atoms with van der Waals surface area (Å²) in [6.07, 6.45) is 0.982. The predicted octanol–water partition coefficient (Wildman–Crippen LogP) is 2.24. The van der Waals surface area contributed by atoms with Crippen LogP contribution < -0.4 is 4.74 Å². The zero-order valence-corrected chi connectivity index (χ0v) is 13.5. The number of amides is 1. The number of nitrogens with zero attached hydrogens (tertiary/aromatic N) is 1. The molecule has 1 aromatic rings. The summed E-state index contributed by atoms with van der Waals surface area (Å²) in [6, 6.07) is 7.46. The zero-order valence-electron chi connectivity index (χ0n) is 11.9. The number of methoxy groups -OCH3 is 1. The van der Waals surface area contributed by atoms with Gasteiger partial charge in [-0.1, -0.05) is 15.9 Å². The second-order valence-electron chi connectivity index (χ2n) is 4.90. The highest BCUT2D eigenvalue weighted by Gasteiger charge is 2.31. The second kappa shape index (κ2) is 7.45. The molecule has 1 atom stereocenters. The third kappa shape index (κ3) is 4.46. The van der Waals surface area contributed by atoms with Gasteiger partial charge in [-0.3, -0.25) is 9.59 Å². The first-order valence-electron chi connectivity index (χ1n) is 6.84. The summed E-state index contributed by atoms with van der Waals surface area (Å²) in [7, 11) is 1.37. The molecular weight excluding hydrogens is 338 g/mol. The molecule has 2 rings (SSSR count). The summed E-state index contributed by atoms with van der Waals surface area (Å²) in [5, 5.41) is 0. The Balaban J connectivity index is 1.73. The Bertz CT molecular complexity index is 503. The normalized spacial score (nSPS) is 17.6. The molecule has 0 saturated carbocycles. The molecule has 1 aromatic carbocycles. The minimum Gasteiger partial charge on any atom is -0.493 e. The molecule has 1 aliphatic heterocycles. The van der Waals surface area contributed by atoms with Crippen LogP contribution in [0.15, 0.2) is 28.7 Å². The summed E-state index contributed by atoms with van der Waals surface area (Å²) in [5.74, 6) is 0.320. The average molecular weight is 356 g/mol. The molecule has 114 valence electrons. The molecule has 1 unspecified atom stereocenters. The fourth-order valence-corrected chi connectivity index (χ4v) is 2.56. The number of ether oxygens (including phenoxy) is 2. The van der Waals surface area contributed by atoms with E-state index in [1.165, 1.54) is 7.11 Å². The van der Waals surface area contributed by atoms with Gasteiger partial charge in [-0.2, -0.15) is 0 Å². The van der Waals surface area contributed by atoms with Crippen LogP contribution in [0.3, 0.4) is 0 Å². The van der Waals surface area contributed by atoms with Crippen LogP contribution in [0.1, 0.15) is 12.8 Å². The number of carbonyl (C=O) groups excluding carboxylic acids is 2. The number of halogens is 1. The quantitative estimate of drug-likeness (QED) is 0.760. The molecule has 1 aliphatic rings. The van der Waals surface area contributed by atoms with Crippen molar-refractivity contribution in [2.24, 2.45) is 5.92 Å².